The molecule has 1 aromatic heterocycles. The fraction of sp³-hybridized carbons (Fsp3) is 0.231. The Labute approximate surface area is 109 Å². The molecule has 2 aromatic rings. The smallest absolute Gasteiger partial charge is 0.258 e. The number of nitrogens with one attached hydrogen (secondary N) is 1. The molecule has 100 valence electrons. The number of aryl methyl sites for hydroxylation is 1. The first-order valence-corrected chi connectivity index (χ1v) is 5.82. The summed E-state index contributed by atoms with van der Waals surface area (Å²) in [5.41, 5.74) is 0.504. The maximum atomic E-state index is 13.4. The average molecular weight is 263 g/mol. The Morgan fingerprint density at radius 2 is 2.26 bits per heavy atom. The number of carbonyl (C=O) groups excluding carboxylic acids is 1. The molecule has 0 radical (unpaired) electrons. The number of aromatic hydroxyl groups is 1. The number of amides is 1. The molecule has 0 unspecified atom stereocenters. The van der Waals surface area contributed by atoms with Crippen LogP contribution in [0.4, 0.5) is 4.39 Å². The van der Waals surface area contributed by atoms with Gasteiger partial charge in [-0.2, -0.15) is 5.10 Å². The average Bonchev–Trinajstić information content (AvgIpc) is 2.75. The molecule has 0 spiro atoms. The van der Waals surface area contributed by atoms with Crippen molar-refractivity contribution in [2.75, 3.05) is 6.54 Å². The maximum absolute atomic E-state index is 13.4. The van der Waals surface area contributed by atoms with Crippen molar-refractivity contribution in [3.63, 3.8) is 0 Å². The molecule has 0 saturated carbocycles. The van der Waals surface area contributed by atoms with Crippen LogP contribution in [0.2, 0.25) is 0 Å². The third-order valence-electron chi connectivity index (χ3n) is 2.65. The standard InChI is InChI=1S/C13H14FN3O2/c1-17-8-6-9(16-17)5-7-15-13(19)12-10(14)3-2-4-11(12)18/h2-4,6,8,18H,5,7H2,1H3,(H,15,19). The van der Waals surface area contributed by atoms with E-state index in [1.165, 1.54) is 12.1 Å². The van der Waals surface area contributed by atoms with Gasteiger partial charge in [0.05, 0.1) is 5.69 Å². The zero-order valence-electron chi connectivity index (χ0n) is 10.4. The highest BCUT2D eigenvalue weighted by atomic mass is 19.1. The van der Waals surface area contributed by atoms with E-state index in [0.717, 1.165) is 11.8 Å². The predicted molar refractivity (Wildman–Crippen MR) is 67.3 cm³/mol. The number of hydrogen-bond acceptors (Lipinski definition) is 3. The van der Waals surface area contributed by atoms with Crippen LogP contribution in [0.25, 0.3) is 0 Å². The Kier molecular flexibility index (Phi) is 3.79. The predicted octanol–water partition coefficient (Wildman–Crippen LogP) is 1.24. The molecule has 19 heavy (non-hydrogen) atoms. The summed E-state index contributed by atoms with van der Waals surface area (Å²) < 4.78 is 15.1. The third kappa shape index (κ3) is 3.09. The molecular weight excluding hydrogens is 249 g/mol. The van der Waals surface area contributed by atoms with Crippen molar-refractivity contribution < 1.29 is 14.3 Å². The van der Waals surface area contributed by atoms with Gasteiger partial charge in [-0.15, -0.1) is 0 Å². The van der Waals surface area contributed by atoms with E-state index in [9.17, 15) is 14.3 Å². The molecule has 0 aliphatic rings. The Hall–Kier alpha value is -2.37. The van der Waals surface area contributed by atoms with E-state index < -0.39 is 11.7 Å². The zero-order chi connectivity index (χ0) is 13.8. The van der Waals surface area contributed by atoms with Gasteiger partial charge in [0.25, 0.3) is 5.91 Å². The number of phenols is 1. The van der Waals surface area contributed by atoms with Crippen LogP contribution in [0, 0.1) is 5.82 Å². The third-order valence-corrected chi connectivity index (χ3v) is 2.65. The second-order valence-corrected chi connectivity index (χ2v) is 4.12. The van der Waals surface area contributed by atoms with E-state index in [1.54, 1.807) is 17.9 Å². The van der Waals surface area contributed by atoms with Crippen LogP contribution in [-0.2, 0) is 13.5 Å². The van der Waals surface area contributed by atoms with Crippen LogP contribution in [0.1, 0.15) is 16.1 Å². The SMILES string of the molecule is Cn1ccc(CCNC(=O)c2c(O)cccc2F)n1. The van der Waals surface area contributed by atoms with E-state index in [1.807, 2.05) is 6.07 Å². The van der Waals surface area contributed by atoms with E-state index >= 15 is 0 Å². The number of carbonyl (C=O) groups is 1. The van der Waals surface area contributed by atoms with Gasteiger partial charge in [0.1, 0.15) is 17.1 Å². The van der Waals surface area contributed by atoms with E-state index in [0.29, 0.717) is 13.0 Å². The number of phenolic OH excluding ortho intramolecular Hbond substituents is 1. The van der Waals surface area contributed by atoms with Crippen molar-refractivity contribution in [1.82, 2.24) is 15.1 Å². The summed E-state index contributed by atoms with van der Waals surface area (Å²) in [4.78, 5) is 11.7. The van der Waals surface area contributed by atoms with Crippen LogP contribution in [0.3, 0.4) is 0 Å². The van der Waals surface area contributed by atoms with Gasteiger partial charge < -0.3 is 10.4 Å². The summed E-state index contributed by atoms with van der Waals surface area (Å²) >= 11 is 0. The Morgan fingerprint density at radius 3 is 2.89 bits per heavy atom. The van der Waals surface area contributed by atoms with Crippen LogP contribution >= 0.6 is 0 Å². The number of hydrogen-bond donors (Lipinski definition) is 2. The van der Waals surface area contributed by atoms with Crippen molar-refractivity contribution in [2.24, 2.45) is 7.05 Å². The highest BCUT2D eigenvalue weighted by Gasteiger charge is 2.15. The van der Waals surface area contributed by atoms with E-state index in [-0.39, 0.29) is 11.3 Å². The van der Waals surface area contributed by atoms with Crippen LogP contribution in [-0.4, -0.2) is 27.3 Å². The van der Waals surface area contributed by atoms with Gasteiger partial charge in [-0.1, -0.05) is 6.07 Å². The van der Waals surface area contributed by atoms with Gasteiger partial charge in [0.15, 0.2) is 0 Å². The highest BCUT2D eigenvalue weighted by Crippen LogP contribution is 2.19. The molecule has 6 heteroatoms. The first-order valence-electron chi connectivity index (χ1n) is 5.82. The number of benzene rings is 1. The number of rotatable bonds is 4. The largest absolute Gasteiger partial charge is 0.507 e. The summed E-state index contributed by atoms with van der Waals surface area (Å²) in [6.45, 7) is 0.323. The van der Waals surface area contributed by atoms with Gasteiger partial charge in [-0.25, -0.2) is 4.39 Å². The highest BCUT2D eigenvalue weighted by molar-refractivity contribution is 5.97. The van der Waals surface area contributed by atoms with Gasteiger partial charge in [-0.3, -0.25) is 9.48 Å². The van der Waals surface area contributed by atoms with Crippen molar-refractivity contribution in [1.29, 1.82) is 0 Å². The molecule has 0 aliphatic carbocycles. The minimum atomic E-state index is -0.740. The molecule has 1 heterocycles. The van der Waals surface area contributed by atoms with Crippen molar-refractivity contribution in [3.8, 4) is 5.75 Å². The van der Waals surface area contributed by atoms with Crippen molar-refractivity contribution in [3.05, 3.63) is 47.5 Å². The first kappa shape index (κ1) is 13.1. The normalized spacial score (nSPS) is 10.4. The molecule has 1 aromatic carbocycles. The monoisotopic (exact) mass is 263 g/mol. The van der Waals surface area contributed by atoms with Gasteiger partial charge in [0, 0.05) is 26.2 Å². The van der Waals surface area contributed by atoms with Crippen LogP contribution in [0.15, 0.2) is 30.5 Å². The summed E-state index contributed by atoms with van der Waals surface area (Å²) in [5, 5.41) is 16.2. The van der Waals surface area contributed by atoms with Gasteiger partial charge >= 0.3 is 0 Å². The summed E-state index contributed by atoms with van der Waals surface area (Å²) in [6.07, 6.45) is 2.35. The summed E-state index contributed by atoms with van der Waals surface area (Å²) in [6, 6.07) is 5.59. The minimum Gasteiger partial charge on any atom is -0.507 e. The lowest BCUT2D eigenvalue weighted by Gasteiger charge is -2.06. The first-order chi connectivity index (χ1) is 9.08. The molecule has 0 atom stereocenters. The molecule has 0 bridgehead atoms. The molecule has 2 N–H and O–H groups in total. The van der Waals surface area contributed by atoms with Gasteiger partial charge in [0.2, 0.25) is 0 Å². The molecule has 0 aliphatic heterocycles. The Morgan fingerprint density at radius 1 is 1.47 bits per heavy atom. The fourth-order valence-electron chi connectivity index (χ4n) is 1.73. The van der Waals surface area contributed by atoms with Gasteiger partial charge in [-0.05, 0) is 18.2 Å². The number of nitrogens with zero attached hydrogens (tertiary/aromatic N) is 2. The summed E-state index contributed by atoms with van der Waals surface area (Å²) in [5.74, 6) is -1.74. The maximum Gasteiger partial charge on any atom is 0.258 e. The lowest BCUT2D eigenvalue weighted by atomic mass is 10.1. The Balaban J connectivity index is 1.94. The number of halogens is 1. The second-order valence-electron chi connectivity index (χ2n) is 4.12. The lowest BCUT2D eigenvalue weighted by molar-refractivity contribution is 0.0947. The number of aromatic nitrogens is 2. The lowest BCUT2D eigenvalue weighted by Crippen LogP contribution is -2.26. The quantitative estimate of drug-likeness (QED) is 0.872. The minimum absolute atomic E-state index is 0.323. The van der Waals surface area contributed by atoms with E-state index in [2.05, 4.69) is 10.4 Å². The molecule has 5 nitrogen and oxygen atoms in total. The topological polar surface area (TPSA) is 67.2 Å². The zero-order valence-corrected chi connectivity index (χ0v) is 10.4. The van der Waals surface area contributed by atoms with Crippen LogP contribution < -0.4 is 5.32 Å². The molecular formula is C13H14FN3O2. The van der Waals surface area contributed by atoms with Crippen molar-refractivity contribution in [2.45, 2.75) is 6.42 Å². The van der Waals surface area contributed by atoms with Crippen LogP contribution in [0.5, 0.6) is 5.75 Å². The van der Waals surface area contributed by atoms with E-state index in [4.69, 9.17) is 0 Å². The summed E-state index contributed by atoms with van der Waals surface area (Å²) in [7, 11) is 1.81. The molecule has 0 fully saturated rings. The molecule has 2 rings (SSSR count). The Bertz CT molecular complexity index is 575. The van der Waals surface area contributed by atoms with Crippen molar-refractivity contribution >= 4 is 5.91 Å². The molecule has 1 amide bonds. The second kappa shape index (κ2) is 5.51. The molecule has 0 saturated heterocycles. The fourth-order valence-corrected chi connectivity index (χ4v) is 1.73.